The number of benzene rings is 1. The van der Waals surface area contributed by atoms with Gasteiger partial charge in [0, 0.05) is 11.4 Å². The first-order valence-electron chi connectivity index (χ1n) is 11.8. The topological polar surface area (TPSA) is 124 Å². The van der Waals surface area contributed by atoms with Crippen LogP contribution in [0.25, 0.3) is 10.2 Å². The number of thiophene rings is 1. The van der Waals surface area contributed by atoms with E-state index >= 15 is 0 Å². The second-order valence-corrected chi connectivity index (χ2v) is 12.9. The predicted octanol–water partition coefficient (Wildman–Crippen LogP) is 3.63. The molecule has 1 N–H and O–H groups in total. The van der Waals surface area contributed by atoms with Crippen LogP contribution in [0.5, 0.6) is 0 Å². The van der Waals surface area contributed by atoms with Crippen molar-refractivity contribution >= 4 is 65.5 Å². The maximum atomic E-state index is 13.6. The van der Waals surface area contributed by atoms with E-state index in [4.69, 9.17) is 4.74 Å². The number of hydrogen-bond acceptors (Lipinski definition) is 8. The first-order valence-corrected chi connectivity index (χ1v) is 15.3. The highest BCUT2D eigenvalue weighted by Gasteiger charge is 2.28. The molecule has 0 atom stereocenters. The molecule has 4 rings (SSSR count). The molecule has 13 heteroatoms. The molecule has 3 aromatic rings. The van der Waals surface area contributed by atoms with Crippen molar-refractivity contribution in [1.29, 1.82) is 0 Å². The molecule has 0 unspecified atom stereocenters. The van der Waals surface area contributed by atoms with Crippen LogP contribution in [0.15, 0.2) is 35.8 Å². The summed E-state index contributed by atoms with van der Waals surface area (Å²) in [4.78, 5) is 42.8. The molecule has 2 aromatic heterocycles. The molecule has 0 aliphatic heterocycles. The minimum atomic E-state index is -4.18. The van der Waals surface area contributed by atoms with E-state index in [0.29, 0.717) is 16.6 Å². The summed E-state index contributed by atoms with van der Waals surface area (Å²) in [7, 11) is -2.93. The van der Waals surface area contributed by atoms with Crippen LogP contribution in [0.1, 0.15) is 40.1 Å². The number of methoxy groups -OCH3 is 1. The Hall–Kier alpha value is -3.16. The molecular formula is C25H26FN3O6S3. The van der Waals surface area contributed by atoms with Gasteiger partial charge in [-0.1, -0.05) is 23.8 Å². The van der Waals surface area contributed by atoms with Crippen LogP contribution in [0.3, 0.4) is 0 Å². The molecule has 1 aromatic carbocycles. The number of halogens is 1. The second kappa shape index (κ2) is 11.7. The Kier molecular flexibility index (Phi) is 8.58. The molecular weight excluding hydrogens is 553 g/mol. The number of fused-ring (bicyclic) bond motifs is 2. The number of aryl methyl sites for hydroxylation is 1. The molecule has 0 saturated heterocycles. The molecule has 2 amide bonds. The van der Waals surface area contributed by atoms with Crippen LogP contribution >= 0.6 is 22.7 Å². The summed E-state index contributed by atoms with van der Waals surface area (Å²) in [5.74, 6) is -4.80. The zero-order chi connectivity index (χ0) is 27.4. The van der Waals surface area contributed by atoms with Gasteiger partial charge in [0.25, 0.3) is 5.91 Å². The standard InChI is InChI=1S/C25H26FN3O6S3/c1-3-11-29-17-10-9-15(26)12-19(17)37-25(29)28-21(31)14-38(33,34)13-20(30)27-23-22(24(32)35-2)16-7-5-4-6-8-18(16)36-23/h3,9-10,12H,1,4-8,11,13-14H2,2H3,(H,27,30). The molecule has 9 nitrogen and oxygen atoms in total. The minimum Gasteiger partial charge on any atom is -0.465 e. The van der Waals surface area contributed by atoms with Gasteiger partial charge in [-0.25, -0.2) is 17.6 Å². The van der Waals surface area contributed by atoms with E-state index in [1.165, 1.54) is 30.6 Å². The first-order chi connectivity index (χ1) is 18.1. The lowest BCUT2D eigenvalue weighted by Crippen LogP contribution is -2.28. The molecule has 0 fully saturated rings. The van der Waals surface area contributed by atoms with Crippen LogP contribution in [-0.2, 0) is 43.5 Å². The Morgan fingerprint density at radius 2 is 1.95 bits per heavy atom. The van der Waals surface area contributed by atoms with E-state index in [2.05, 4.69) is 16.9 Å². The summed E-state index contributed by atoms with van der Waals surface area (Å²) >= 11 is 2.29. The monoisotopic (exact) mass is 579 g/mol. The summed E-state index contributed by atoms with van der Waals surface area (Å²) in [6, 6.07) is 4.12. The maximum Gasteiger partial charge on any atom is 0.341 e. The van der Waals surface area contributed by atoms with Crippen LogP contribution in [-0.4, -0.2) is 49.4 Å². The quantitative estimate of drug-likeness (QED) is 0.247. The number of thiazole rings is 1. The van der Waals surface area contributed by atoms with Crippen molar-refractivity contribution in [3.05, 3.63) is 57.5 Å². The number of nitrogens with one attached hydrogen (secondary N) is 1. The molecule has 0 saturated carbocycles. The second-order valence-electron chi connectivity index (χ2n) is 8.74. The summed E-state index contributed by atoms with van der Waals surface area (Å²) in [5.41, 5.74) is 1.72. The van der Waals surface area contributed by atoms with E-state index in [-0.39, 0.29) is 21.9 Å². The van der Waals surface area contributed by atoms with Crippen LogP contribution in [0.2, 0.25) is 0 Å². The number of carbonyl (C=O) groups is 3. The van der Waals surface area contributed by atoms with Gasteiger partial charge in [-0.15, -0.1) is 17.9 Å². The van der Waals surface area contributed by atoms with E-state index in [0.717, 1.165) is 47.5 Å². The number of carbonyl (C=O) groups excluding carboxylic acids is 3. The molecule has 1 aliphatic carbocycles. The molecule has 202 valence electrons. The predicted molar refractivity (Wildman–Crippen MR) is 145 cm³/mol. The van der Waals surface area contributed by atoms with E-state index < -0.39 is 44.9 Å². The third kappa shape index (κ3) is 6.27. The molecule has 38 heavy (non-hydrogen) atoms. The van der Waals surface area contributed by atoms with Crippen LogP contribution in [0.4, 0.5) is 9.39 Å². The number of ether oxygens (including phenoxy) is 1. The van der Waals surface area contributed by atoms with Gasteiger partial charge in [-0.2, -0.15) is 4.99 Å². The van der Waals surface area contributed by atoms with Gasteiger partial charge in [0.15, 0.2) is 14.6 Å². The van der Waals surface area contributed by atoms with Gasteiger partial charge in [-0.05, 0) is 49.4 Å². The number of anilines is 1. The number of nitrogens with zero attached hydrogens (tertiary/aromatic N) is 2. The lowest BCUT2D eigenvalue weighted by Gasteiger charge is -2.07. The highest BCUT2D eigenvalue weighted by Crippen LogP contribution is 2.38. The summed E-state index contributed by atoms with van der Waals surface area (Å²) < 4.78 is 46.1. The van der Waals surface area contributed by atoms with Gasteiger partial charge in [0.2, 0.25) is 5.91 Å². The van der Waals surface area contributed by atoms with Gasteiger partial charge in [0.05, 0.1) is 22.9 Å². The fourth-order valence-electron chi connectivity index (χ4n) is 4.33. The van der Waals surface area contributed by atoms with Gasteiger partial charge >= 0.3 is 5.97 Å². The van der Waals surface area contributed by atoms with Crippen molar-refractivity contribution < 1.29 is 31.9 Å². The zero-order valence-electron chi connectivity index (χ0n) is 20.6. The van der Waals surface area contributed by atoms with Crippen molar-refractivity contribution in [2.45, 2.75) is 38.6 Å². The average Bonchev–Trinajstić information content (AvgIpc) is 3.24. The van der Waals surface area contributed by atoms with E-state index in [9.17, 15) is 27.2 Å². The molecule has 1 aliphatic rings. The highest BCUT2D eigenvalue weighted by atomic mass is 32.2. The molecule has 2 heterocycles. The smallest absolute Gasteiger partial charge is 0.341 e. The molecule has 0 bridgehead atoms. The first kappa shape index (κ1) is 27.9. The fraction of sp³-hybridized carbons (Fsp3) is 0.360. The molecule has 0 radical (unpaired) electrons. The van der Waals surface area contributed by atoms with Crippen molar-refractivity contribution in [2.75, 3.05) is 23.9 Å². The third-order valence-corrected chi connectivity index (χ3v) is 9.57. The van der Waals surface area contributed by atoms with Crippen molar-refractivity contribution in [2.24, 2.45) is 4.99 Å². The van der Waals surface area contributed by atoms with E-state index in [1.54, 1.807) is 16.7 Å². The van der Waals surface area contributed by atoms with Crippen molar-refractivity contribution in [3.63, 3.8) is 0 Å². The van der Waals surface area contributed by atoms with E-state index in [1.807, 2.05) is 0 Å². The number of rotatable bonds is 8. The number of aromatic nitrogens is 1. The lowest BCUT2D eigenvalue weighted by atomic mass is 10.1. The van der Waals surface area contributed by atoms with Gasteiger partial charge in [-0.3, -0.25) is 9.59 Å². The Bertz CT molecular complexity index is 1600. The van der Waals surface area contributed by atoms with Crippen LogP contribution in [0, 0.1) is 5.82 Å². The number of hydrogen-bond donors (Lipinski definition) is 1. The number of esters is 1. The summed E-state index contributed by atoms with van der Waals surface area (Å²) in [6.45, 7) is 3.95. The van der Waals surface area contributed by atoms with Crippen molar-refractivity contribution in [3.8, 4) is 0 Å². The Balaban J connectivity index is 1.51. The number of sulfone groups is 1. The summed E-state index contributed by atoms with van der Waals surface area (Å²) in [6.07, 6.45) is 5.92. The van der Waals surface area contributed by atoms with Gasteiger partial charge in [0.1, 0.15) is 22.3 Å². The lowest BCUT2D eigenvalue weighted by molar-refractivity contribution is -0.115. The zero-order valence-corrected chi connectivity index (χ0v) is 23.1. The third-order valence-electron chi connectivity index (χ3n) is 5.93. The minimum absolute atomic E-state index is 0.193. The largest absolute Gasteiger partial charge is 0.465 e. The molecule has 0 spiro atoms. The maximum absolute atomic E-state index is 13.6. The van der Waals surface area contributed by atoms with Gasteiger partial charge < -0.3 is 14.6 Å². The normalized spacial score (nSPS) is 14.1. The Morgan fingerprint density at radius 1 is 1.18 bits per heavy atom. The Morgan fingerprint density at radius 3 is 2.68 bits per heavy atom. The average molecular weight is 580 g/mol. The number of amides is 2. The van der Waals surface area contributed by atoms with Crippen molar-refractivity contribution in [1.82, 2.24) is 4.57 Å². The number of allylic oxidation sites excluding steroid dienone is 1. The van der Waals surface area contributed by atoms with Crippen LogP contribution < -0.4 is 10.1 Å². The fourth-order valence-corrected chi connectivity index (χ4v) is 7.72. The summed E-state index contributed by atoms with van der Waals surface area (Å²) in [5, 5.41) is 2.79. The SMILES string of the molecule is C=CCn1c(=NC(=O)CS(=O)(=O)CC(=O)Nc2sc3c(c2C(=O)OC)CCCCC3)sc2cc(F)ccc21. The Labute approximate surface area is 226 Å². The highest BCUT2D eigenvalue weighted by molar-refractivity contribution is 7.92.